The van der Waals surface area contributed by atoms with Crippen LogP contribution >= 0.6 is 0 Å². The molecule has 0 aliphatic carbocycles. The molecule has 1 aromatic heterocycles. The van der Waals surface area contributed by atoms with Crippen molar-refractivity contribution in [2.24, 2.45) is 0 Å². The third kappa shape index (κ3) is 6.10. The molecule has 2 atom stereocenters. The second-order valence-corrected chi connectivity index (χ2v) is 6.25. The zero-order chi connectivity index (χ0) is 18.9. The first-order valence-corrected chi connectivity index (χ1v) is 8.96. The van der Waals surface area contributed by atoms with Crippen LogP contribution in [-0.4, -0.2) is 40.6 Å². The monoisotopic (exact) mass is 373 g/mol. The molecule has 1 amide bonds. The second kappa shape index (κ2) is 9.72. The Morgan fingerprint density at radius 2 is 2.15 bits per heavy atom. The molecule has 8 nitrogen and oxygen atoms in total. The maximum atomic E-state index is 12.5. The van der Waals surface area contributed by atoms with Gasteiger partial charge < -0.3 is 24.1 Å². The Morgan fingerprint density at radius 3 is 2.85 bits per heavy atom. The highest BCUT2D eigenvalue weighted by Gasteiger charge is 2.27. The SMILES string of the molecule is O=C(N[C@@H](Cn1ccnc1)C(=O)OC1CCCCO1)OCc1ccccc1. The van der Waals surface area contributed by atoms with Crippen molar-refractivity contribution < 1.29 is 23.8 Å². The molecule has 1 aliphatic rings. The Bertz CT molecular complexity index is 714. The van der Waals surface area contributed by atoms with Gasteiger partial charge >= 0.3 is 12.1 Å². The lowest BCUT2D eigenvalue weighted by molar-refractivity contribution is -0.189. The number of benzene rings is 1. The summed E-state index contributed by atoms with van der Waals surface area (Å²) in [5, 5.41) is 2.58. The van der Waals surface area contributed by atoms with Gasteiger partial charge in [-0.25, -0.2) is 14.6 Å². The molecule has 8 heteroatoms. The van der Waals surface area contributed by atoms with E-state index in [-0.39, 0.29) is 13.2 Å². The van der Waals surface area contributed by atoms with E-state index in [9.17, 15) is 9.59 Å². The lowest BCUT2D eigenvalue weighted by Gasteiger charge is -2.25. The van der Waals surface area contributed by atoms with Crippen molar-refractivity contribution in [2.75, 3.05) is 6.61 Å². The summed E-state index contributed by atoms with van der Waals surface area (Å²) in [7, 11) is 0. The summed E-state index contributed by atoms with van der Waals surface area (Å²) in [6.07, 6.45) is 6.15. The van der Waals surface area contributed by atoms with E-state index in [1.807, 2.05) is 30.3 Å². The van der Waals surface area contributed by atoms with Crippen LogP contribution in [0.5, 0.6) is 0 Å². The molecule has 0 saturated carbocycles. The van der Waals surface area contributed by atoms with Crippen molar-refractivity contribution >= 4 is 12.1 Å². The summed E-state index contributed by atoms with van der Waals surface area (Å²) in [4.78, 5) is 28.6. The van der Waals surface area contributed by atoms with Crippen LogP contribution in [0.4, 0.5) is 4.79 Å². The van der Waals surface area contributed by atoms with Crippen LogP contribution in [0.2, 0.25) is 0 Å². The lowest BCUT2D eigenvalue weighted by Crippen LogP contribution is -2.46. The predicted octanol–water partition coefficient (Wildman–Crippen LogP) is 2.25. The number of carbonyl (C=O) groups excluding carboxylic acids is 2. The molecule has 1 N–H and O–H groups in total. The predicted molar refractivity (Wildman–Crippen MR) is 95.5 cm³/mol. The van der Waals surface area contributed by atoms with Crippen LogP contribution in [0, 0.1) is 0 Å². The number of nitrogens with one attached hydrogen (secondary N) is 1. The maximum absolute atomic E-state index is 12.5. The van der Waals surface area contributed by atoms with Gasteiger partial charge in [0.2, 0.25) is 6.29 Å². The molecule has 0 spiro atoms. The first-order valence-electron chi connectivity index (χ1n) is 8.96. The minimum atomic E-state index is -0.909. The van der Waals surface area contributed by atoms with Crippen LogP contribution in [0.15, 0.2) is 49.1 Å². The molecule has 1 fully saturated rings. The quantitative estimate of drug-likeness (QED) is 0.749. The van der Waals surface area contributed by atoms with Gasteiger partial charge in [0.05, 0.1) is 19.5 Å². The Kier molecular flexibility index (Phi) is 6.81. The normalized spacial score (nSPS) is 17.7. The van der Waals surface area contributed by atoms with E-state index in [0.29, 0.717) is 13.0 Å². The van der Waals surface area contributed by atoms with Crippen molar-refractivity contribution in [1.82, 2.24) is 14.9 Å². The number of hydrogen-bond donors (Lipinski definition) is 1. The van der Waals surface area contributed by atoms with Crippen molar-refractivity contribution in [3.05, 3.63) is 54.6 Å². The highest BCUT2D eigenvalue weighted by molar-refractivity contribution is 5.81. The van der Waals surface area contributed by atoms with Gasteiger partial charge in [-0.1, -0.05) is 30.3 Å². The fourth-order valence-corrected chi connectivity index (χ4v) is 2.71. The van der Waals surface area contributed by atoms with Gasteiger partial charge in [0, 0.05) is 18.8 Å². The van der Waals surface area contributed by atoms with Crippen LogP contribution in [0.1, 0.15) is 24.8 Å². The van der Waals surface area contributed by atoms with Crippen LogP contribution in [0.25, 0.3) is 0 Å². The fraction of sp³-hybridized carbons (Fsp3) is 0.421. The summed E-state index contributed by atoms with van der Waals surface area (Å²) >= 11 is 0. The summed E-state index contributed by atoms with van der Waals surface area (Å²) in [5.74, 6) is -0.563. The molecule has 2 heterocycles. The number of carbonyl (C=O) groups is 2. The minimum Gasteiger partial charge on any atom is -0.445 e. The molecule has 1 aromatic carbocycles. The number of rotatable bonds is 7. The first kappa shape index (κ1) is 18.9. The molecular weight excluding hydrogens is 350 g/mol. The number of alkyl carbamates (subject to hydrolysis) is 1. The smallest absolute Gasteiger partial charge is 0.408 e. The zero-order valence-corrected chi connectivity index (χ0v) is 15.0. The summed E-state index contributed by atoms with van der Waals surface area (Å²) in [5.41, 5.74) is 0.858. The van der Waals surface area contributed by atoms with E-state index >= 15 is 0 Å². The van der Waals surface area contributed by atoms with Crippen molar-refractivity contribution in [3.8, 4) is 0 Å². The maximum Gasteiger partial charge on any atom is 0.408 e. The van der Waals surface area contributed by atoms with Gasteiger partial charge in [-0.15, -0.1) is 0 Å². The Labute approximate surface area is 157 Å². The van der Waals surface area contributed by atoms with E-state index in [1.165, 1.54) is 0 Å². The largest absolute Gasteiger partial charge is 0.445 e. The summed E-state index contributed by atoms with van der Waals surface area (Å²) < 4.78 is 17.7. The van der Waals surface area contributed by atoms with Gasteiger partial charge in [0.1, 0.15) is 12.6 Å². The average Bonchev–Trinajstić information content (AvgIpc) is 3.21. The summed E-state index contributed by atoms with van der Waals surface area (Å²) in [6.45, 7) is 0.869. The third-order valence-corrected chi connectivity index (χ3v) is 4.13. The molecule has 27 heavy (non-hydrogen) atoms. The average molecular weight is 373 g/mol. The van der Waals surface area contributed by atoms with Crippen LogP contribution in [-0.2, 0) is 32.2 Å². The van der Waals surface area contributed by atoms with Crippen molar-refractivity contribution in [2.45, 2.75) is 44.7 Å². The molecule has 144 valence electrons. The van der Waals surface area contributed by atoms with E-state index in [0.717, 1.165) is 18.4 Å². The van der Waals surface area contributed by atoms with Crippen LogP contribution in [0.3, 0.4) is 0 Å². The number of esters is 1. The second-order valence-electron chi connectivity index (χ2n) is 6.25. The van der Waals surface area contributed by atoms with Gasteiger partial charge in [-0.05, 0) is 18.4 Å². The minimum absolute atomic E-state index is 0.116. The molecule has 0 radical (unpaired) electrons. The number of nitrogens with zero attached hydrogens (tertiary/aromatic N) is 2. The third-order valence-electron chi connectivity index (χ3n) is 4.13. The number of imidazole rings is 1. The van der Waals surface area contributed by atoms with Gasteiger partial charge in [-0.2, -0.15) is 0 Å². The number of aromatic nitrogens is 2. The number of ether oxygens (including phenoxy) is 3. The first-order chi connectivity index (χ1) is 13.2. The van der Waals surface area contributed by atoms with E-state index in [1.54, 1.807) is 23.3 Å². The topological polar surface area (TPSA) is 91.7 Å². The van der Waals surface area contributed by atoms with E-state index in [4.69, 9.17) is 14.2 Å². The molecule has 1 unspecified atom stereocenters. The van der Waals surface area contributed by atoms with Gasteiger partial charge in [0.15, 0.2) is 0 Å². The summed E-state index contributed by atoms with van der Waals surface area (Å²) in [6, 6.07) is 8.40. The molecular formula is C19H23N3O5. The Balaban J connectivity index is 1.56. The van der Waals surface area contributed by atoms with Gasteiger partial charge in [0.25, 0.3) is 0 Å². The number of hydrogen-bond acceptors (Lipinski definition) is 6. The molecule has 1 saturated heterocycles. The van der Waals surface area contributed by atoms with E-state index < -0.39 is 24.4 Å². The highest BCUT2D eigenvalue weighted by Crippen LogP contribution is 2.14. The zero-order valence-electron chi connectivity index (χ0n) is 15.0. The molecule has 3 rings (SSSR count). The molecule has 2 aromatic rings. The van der Waals surface area contributed by atoms with Crippen molar-refractivity contribution in [1.29, 1.82) is 0 Å². The lowest BCUT2D eigenvalue weighted by atomic mass is 10.2. The highest BCUT2D eigenvalue weighted by atomic mass is 16.7. The fourth-order valence-electron chi connectivity index (χ4n) is 2.71. The standard InChI is InChI=1S/C19H23N3O5/c23-18(27-17-8-4-5-11-25-17)16(12-22-10-9-20-14-22)21-19(24)26-13-15-6-2-1-3-7-15/h1-3,6-7,9-10,14,16-17H,4-5,8,11-13H2,(H,21,24)/t16-,17?/m0/s1. The Morgan fingerprint density at radius 1 is 1.30 bits per heavy atom. The van der Waals surface area contributed by atoms with Gasteiger partial charge in [-0.3, -0.25) is 0 Å². The molecule has 1 aliphatic heterocycles. The van der Waals surface area contributed by atoms with Crippen LogP contribution < -0.4 is 5.32 Å². The number of amides is 1. The van der Waals surface area contributed by atoms with E-state index in [2.05, 4.69) is 10.3 Å². The molecule has 0 bridgehead atoms. The Hall–Kier alpha value is -2.87. The van der Waals surface area contributed by atoms with Crippen molar-refractivity contribution in [3.63, 3.8) is 0 Å².